The van der Waals surface area contributed by atoms with Gasteiger partial charge in [0.1, 0.15) is 0 Å². The number of hydrogen-bond donors (Lipinski definition) is 0. The largest absolute Gasteiger partial charge is 0.125 e. The molecule has 0 heterocycles. The van der Waals surface area contributed by atoms with Crippen LogP contribution in [-0.2, 0) is 0 Å². The van der Waals surface area contributed by atoms with E-state index in [0.29, 0.717) is 0 Å². The molecular formula is C11H16S2. The topological polar surface area (TPSA) is 0 Å². The van der Waals surface area contributed by atoms with Gasteiger partial charge in [-0.05, 0) is 30.1 Å². The monoisotopic (exact) mass is 212 g/mol. The first-order chi connectivity index (χ1) is 6.38. The van der Waals surface area contributed by atoms with Crippen LogP contribution in [0.2, 0.25) is 0 Å². The quantitative estimate of drug-likeness (QED) is 0.667. The van der Waals surface area contributed by atoms with E-state index >= 15 is 0 Å². The van der Waals surface area contributed by atoms with Gasteiger partial charge in [0.15, 0.2) is 0 Å². The summed E-state index contributed by atoms with van der Waals surface area (Å²) in [5, 5.41) is 0. The third kappa shape index (κ3) is 3.65. The van der Waals surface area contributed by atoms with Crippen molar-refractivity contribution in [1.29, 1.82) is 0 Å². The van der Waals surface area contributed by atoms with Crippen LogP contribution in [0.1, 0.15) is 20.3 Å². The highest BCUT2D eigenvalue weighted by Gasteiger charge is 2.00. The molecule has 0 radical (unpaired) electrons. The highest BCUT2D eigenvalue weighted by Crippen LogP contribution is 2.30. The Labute approximate surface area is 89.5 Å². The van der Waals surface area contributed by atoms with E-state index < -0.39 is 0 Å². The molecule has 1 rings (SSSR count). The van der Waals surface area contributed by atoms with Gasteiger partial charge in [-0.25, -0.2) is 0 Å². The molecule has 0 bridgehead atoms. The van der Waals surface area contributed by atoms with Gasteiger partial charge in [0.25, 0.3) is 0 Å². The third-order valence-corrected chi connectivity index (χ3v) is 3.97. The second-order valence-electron chi connectivity index (χ2n) is 2.73. The molecule has 0 aliphatic heterocycles. The van der Waals surface area contributed by atoms with Crippen LogP contribution in [0, 0.1) is 0 Å². The molecule has 0 aromatic heterocycles. The summed E-state index contributed by atoms with van der Waals surface area (Å²) in [5.74, 6) is 2.38. The van der Waals surface area contributed by atoms with Crippen molar-refractivity contribution in [2.24, 2.45) is 0 Å². The molecule has 0 spiro atoms. The fourth-order valence-electron chi connectivity index (χ4n) is 1.06. The van der Waals surface area contributed by atoms with Crippen molar-refractivity contribution in [2.75, 3.05) is 11.5 Å². The molecule has 1 aromatic carbocycles. The van der Waals surface area contributed by atoms with Crippen molar-refractivity contribution in [3.8, 4) is 0 Å². The van der Waals surface area contributed by atoms with Crippen molar-refractivity contribution >= 4 is 23.5 Å². The minimum atomic E-state index is 1.16. The Hall–Kier alpha value is -0.0800. The van der Waals surface area contributed by atoms with Crippen molar-refractivity contribution in [2.45, 2.75) is 30.1 Å². The molecule has 0 saturated carbocycles. The summed E-state index contributed by atoms with van der Waals surface area (Å²) in [4.78, 5) is 2.87. The molecule has 13 heavy (non-hydrogen) atoms. The van der Waals surface area contributed by atoms with Crippen molar-refractivity contribution in [1.82, 2.24) is 0 Å². The molecule has 0 atom stereocenters. The average Bonchev–Trinajstić information content (AvgIpc) is 2.17. The summed E-state index contributed by atoms with van der Waals surface area (Å²) < 4.78 is 0. The molecule has 0 aliphatic carbocycles. The predicted molar refractivity (Wildman–Crippen MR) is 63.9 cm³/mol. The van der Waals surface area contributed by atoms with Gasteiger partial charge in [-0.2, -0.15) is 0 Å². The Balaban J connectivity index is 2.66. The van der Waals surface area contributed by atoms with Gasteiger partial charge in [0.2, 0.25) is 0 Å². The number of rotatable bonds is 5. The van der Waals surface area contributed by atoms with E-state index in [2.05, 4.69) is 38.1 Å². The van der Waals surface area contributed by atoms with E-state index in [9.17, 15) is 0 Å². The zero-order valence-corrected chi connectivity index (χ0v) is 9.88. The summed E-state index contributed by atoms with van der Waals surface area (Å²) in [5.41, 5.74) is 0. The van der Waals surface area contributed by atoms with Crippen LogP contribution in [0.3, 0.4) is 0 Å². The average molecular weight is 212 g/mol. The summed E-state index contributed by atoms with van der Waals surface area (Å²) in [6.45, 7) is 4.43. The highest BCUT2D eigenvalue weighted by atomic mass is 32.2. The predicted octanol–water partition coefficient (Wildman–Crippen LogP) is 4.30. The van der Waals surface area contributed by atoms with Crippen molar-refractivity contribution in [3.05, 3.63) is 24.3 Å². The molecule has 0 N–H and O–H groups in total. The minimum Gasteiger partial charge on any atom is -0.125 e. The third-order valence-electron chi connectivity index (χ3n) is 1.61. The van der Waals surface area contributed by atoms with Crippen LogP contribution in [0.5, 0.6) is 0 Å². The smallest absolute Gasteiger partial charge is 0.0208 e. The Morgan fingerprint density at radius 2 is 1.62 bits per heavy atom. The van der Waals surface area contributed by atoms with Gasteiger partial charge in [0, 0.05) is 9.79 Å². The molecule has 0 nitrogen and oxygen atoms in total. The standard InChI is InChI=1S/C11H16S2/c1-3-9-13-11-8-6-5-7-10(11)12-4-2/h5-8H,3-4,9H2,1-2H3. The zero-order valence-electron chi connectivity index (χ0n) is 8.25. The maximum atomic E-state index is 2.22. The summed E-state index contributed by atoms with van der Waals surface area (Å²) in [6.07, 6.45) is 1.25. The van der Waals surface area contributed by atoms with Gasteiger partial charge >= 0.3 is 0 Å². The van der Waals surface area contributed by atoms with Gasteiger partial charge in [-0.3, -0.25) is 0 Å². The van der Waals surface area contributed by atoms with Crippen LogP contribution < -0.4 is 0 Å². The molecule has 0 amide bonds. The summed E-state index contributed by atoms with van der Waals surface area (Å²) in [6, 6.07) is 8.68. The van der Waals surface area contributed by atoms with E-state index in [0.717, 1.165) is 5.75 Å². The van der Waals surface area contributed by atoms with Crippen molar-refractivity contribution in [3.63, 3.8) is 0 Å². The number of thioether (sulfide) groups is 2. The van der Waals surface area contributed by atoms with E-state index in [1.165, 1.54) is 22.0 Å². The molecular weight excluding hydrogens is 196 g/mol. The second-order valence-corrected chi connectivity index (χ2v) is 5.17. The Kier molecular flexibility index (Phi) is 5.40. The number of hydrogen-bond acceptors (Lipinski definition) is 2. The normalized spacial score (nSPS) is 10.3. The maximum absolute atomic E-state index is 2.22. The van der Waals surface area contributed by atoms with Crippen LogP contribution in [0.4, 0.5) is 0 Å². The molecule has 2 heteroatoms. The summed E-state index contributed by atoms with van der Waals surface area (Å²) >= 11 is 3.90. The van der Waals surface area contributed by atoms with E-state index in [1.807, 2.05) is 23.5 Å². The first kappa shape index (κ1) is 11.0. The fraction of sp³-hybridized carbons (Fsp3) is 0.455. The Bertz CT molecular complexity index is 246. The molecule has 0 aliphatic rings. The van der Waals surface area contributed by atoms with Gasteiger partial charge < -0.3 is 0 Å². The maximum Gasteiger partial charge on any atom is 0.0208 e. The summed E-state index contributed by atoms with van der Waals surface area (Å²) in [7, 11) is 0. The molecule has 1 aromatic rings. The lowest BCUT2D eigenvalue weighted by Crippen LogP contribution is -1.80. The van der Waals surface area contributed by atoms with Crippen LogP contribution in [0.25, 0.3) is 0 Å². The lowest BCUT2D eigenvalue weighted by atomic mass is 10.4. The number of benzene rings is 1. The van der Waals surface area contributed by atoms with Crippen LogP contribution >= 0.6 is 23.5 Å². The van der Waals surface area contributed by atoms with Gasteiger partial charge in [0.05, 0.1) is 0 Å². The second kappa shape index (κ2) is 6.39. The Morgan fingerprint density at radius 1 is 1.00 bits per heavy atom. The van der Waals surface area contributed by atoms with Crippen LogP contribution in [0.15, 0.2) is 34.1 Å². The van der Waals surface area contributed by atoms with E-state index in [-0.39, 0.29) is 0 Å². The lowest BCUT2D eigenvalue weighted by molar-refractivity contribution is 1.10. The van der Waals surface area contributed by atoms with Crippen LogP contribution in [-0.4, -0.2) is 11.5 Å². The van der Waals surface area contributed by atoms with E-state index in [4.69, 9.17) is 0 Å². The zero-order chi connectivity index (χ0) is 9.52. The first-order valence-corrected chi connectivity index (χ1v) is 6.70. The molecule has 0 fully saturated rings. The Morgan fingerprint density at radius 3 is 2.15 bits per heavy atom. The van der Waals surface area contributed by atoms with Gasteiger partial charge in [-0.1, -0.05) is 26.0 Å². The van der Waals surface area contributed by atoms with E-state index in [1.54, 1.807) is 0 Å². The fourth-order valence-corrected chi connectivity index (χ4v) is 2.91. The molecule has 0 saturated heterocycles. The lowest BCUT2D eigenvalue weighted by Gasteiger charge is -2.06. The van der Waals surface area contributed by atoms with Crippen molar-refractivity contribution < 1.29 is 0 Å². The van der Waals surface area contributed by atoms with Gasteiger partial charge in [-0.15, -0.1) is 23.5 Å². The first-order valence-electron chi connectivity index (χ1n) is 4.73. The highest BCUT2D eigenvalue weighted by molar-refractivity contribution is 8.02. The molecule has 0 unspecified atom stereocenters. The SMILES string of the molecule is CCCSc1ccccc1SCC. The minimum absolute atomic E-state index is 1.16. The molecule has 72 valence electrons.